The average Bonchev–Trinajstić information content (AvgIpc) is 3.16. The number of hydrogen-bond acceptors (Lipinski definition) is 8. The van der Waals surface area contributed by atoms with Gasteiger partial charge < -0.3 is 9.26 Å². The number of aryl methyl sites for hydroxylation is 2. The summed E-state index contributed by atoms with van der Waals surface area (Å²) < 4.78 is 12.5. The van der Waals surface area contributed by atoms with Crippen LogP contribution in [-0.4, -0.2) is 42.5 Å². The fourth-order valence-electron chi connectivity index (χ4n) is 2.25. The van der Waals surface area contributed by atoms with Gasteiger partial charge in [0.1, 0.15) is 18.3 Å². The van der Waals surface area contributed by atoms with Crippen LogP contribution in [0.15, 0.2) is 27.9 Å². The molecule has 3 rings (SSSR count). The van der Waals surface area contributed by atoms with Crippen molar-refractivity contribution in [3.8, 4) is 0 Å². The Hall–Kier alpha value is -3.50. The van der Waals surface area contributed by atoms with Crippen LogP contribution in [0.3, 0.4) is 0 Å². The van der Waals surface area contributed by atoms with E-state index in [0.29, 0.717) is 11.3 Å². The number of carbonyl (C=O) groups is 2. The normalized spacial score (nSPS) is 12.1. The van der Waals surface area contributed by atoms with E-state index in [0.717, 1.165) is 4.57 Å². The minimum atomic E-state index is -1.08. The summed E-state index contributed by atoms with van der Waals surface area (Å²) in [5, 5.41) is 10.3. The van der Waals surface area contributed by atoms with E-state index < -0.39 is 23.5 Å². The predicted molar refractivity (Wildman–Crippen MR) is 88.2 cm³/mol. The van der Waals surface area contributed by atoms with Crippen molar-refractivity contribution in [3.05, 3.63) is 34.6 Å². The number of nitrogens with zero attached hydrogens (tertiary/aromatic N) is 5. The lowest BCUT2D eigenvalue weighted by Gasteiger charge is -2.12. The third-order valence-electron chi connectivity index (χ3n) is 3.57. The number of amides is 1. The molecule has 3 heterocycles. The molecule has 11 heteroatoms. The maximum absolute atomic E-state index is 12.3. The first-order chi connectivity index (χ1) is 12.3. The lowest BCUT2D eigenvalue weighted by molar-refractivity contribution is -0.153. The number of anilines is 1. The number of rotatable bonds is 5. The van der Waals surface area contributed by atoms with E-state index in [1.54, 1.807) is 14.0 Å². The Labute approximate surface area is 146 Å². The molecule has 26 heavy (non-hydrogen) atoms. The summed E-state index contributed by atoms with van der Waals surface area (Å²) in [4.78, 5) is 40.4. The van der Waals surface area contributed by atoms with Gasteiger partial charge in [0.25, 0.3) is 11.5 Å². The van der Waals surface area contributed by atoms with Gasteiger partial charge in [-0.05, 0) is 13.8 Å². The van der Waals surface area contributed by atoms with Crippen molar-refractivity contribution in [1.82, 2.24) is 24.5 Å². The highest BCUT2D eigenvalue weighted by atomic mass is 16.5. The van der Waals surface area contributed by atoms with Crippen LogP contribution in [-0.2, 0) is 27.9 Å². The van der Waals surface area contributed by atoms with Crippen molar-refractivity contribution in [1.29, 1.82) is 0 Å². The maximum Gasteiger partial charge on any atom is 0.326 e. The van der Waals surface area contributed by atoms with Gasteiger partial charge in [-0.2, -0.15) is 5.10 Å². The molecule has 136 valence electrons. The van der Waals surface area contributed by atoms with E-state index >= 15 is 0 Å². The zero-order valence-electron chi connectivity index (χ0n) is 14.3. The largest absolute Gasteiger partial charge is 0.451 e. The number of aromatic nitrogens is 5. The van der Waals surface area contributed by atoms with Crippen LogP contribution in [0.2, 0.25) is 0 Å². The topological polar surface area (TPSA) is 134 Å². The molecule has 1 atom stereocenters. The first-order valence-corrected chi connectivity index (χ1v) is 7.66. The molecule has 0 saturated heterocycles. The summed E-state index contributed by atoms with van der Waals surface area (Å²) in [6.45, 7) is 2.73. The Kier molecular flexibility index (Phi) is 4.52. The fourth-order valence-corrected chi connectivity index (χ4v) is 2.25. The quantitative estimate of drug-likeness (QED) is 0.628. The molecule has 0 spiro atoms. The highest BCUT2D eigenvalue weighted by molar-refractivity contribution is 5.94. The summed E-state index contributed by atoms with van der Waals surface area (Å²) in [5.41, 5.74) is 0.589. The Morgan fingerprint density at radius 1 is 1.42 bits per heavy atom. The Morgan fingerprint density at radius 2 is 2.19 bits per heavy atom. The van der Waals surface area contributed by atoms with E-state index in [1.165, 1.54) is 30.2 Å². The second-order valence-corrected chi connectivity index (χ2v) is 5.64. The van der Waals surface area contributed by atoms with Crippen LogP contribution in [0.1, 0.15) is 12.6 Å². The minimum Gasteiger partial charge on any atom is -0.451 e. The molecule has 1 unspecified atom stereocenters. The van der Waals surface area contributed by atoms with Gasteiger partial charge in [-0.3, -0.25) is 28.9 Å². The molecule has 1 N–H and O–H groups in total. The number of carbonyl (C=O) groups excluding carboxylic acids is 2. The van der Waals surface area contributed by atoms with Crippen LogP contribution in [0, 0.1) is 6.92 Å². The summed E-state index contributed by atoms with van der Waals surface area (Å²) in [7, 11) is 1.66. The molecule has 0 aliphatic rings. The van der Waals surface area contributed by atoms with Gasteiger partial charge in [-0.1, -0.05) is 5.16 Å². The number of fused-ring (bicyclic) bond motifs is 1. The van der Waals surface area contributed by atoms with E-state index in [2.05, 4.69) is 20.6 Å². The summed E-state index contributed by atoms with van der Waals surface area (Å²) in [6, 6.07) is 1.53. The summed E-state index contributed by atoms with van der Waals surface area (Å²) >= 11 is 0. The SMILES string of the molecule is Cc1cc(NC(=O)C(C)OC(=O)Cn2cnc3c(cnn3C)c2=O)on1. The Bertz CT molecular complexity index is 1030. The Morgan fingerprint density at radius 3 is 2.88 bits per heavy atom. The molecule has 3 aromatic rings. The molecule has 11 nitrogen and oxygen atoms in total. The van der Waals surface area contributed by atoms with Crippen LogP contribution in [0.4, 0.5) is 5.88 Å². The number of hydrogen-bond donors (Lipinski definition) is 1. The highest BCUT2D eigenvalue weighted by Crippen LogP contribution is 2.09. The molecule has 0 fully saturated rings. The van der Waals surface area contributed by atoms with Crippen molar-refractivity contribution >= 4 is 28.8 Å². The first kappa shape index (κ1) is 17.3. The number of ether oxygens (including phenoxy) is 1. The zero-order chi connectivity index (χ0) is 18.8. The summed E-state index contributed by atoms with van der Waals surface area (Å²) in [6.07, 6.45) is 1.52. The smallest absolute Gasteiger partial charge is 0.326 e. The third kappa shape index (κ3) is 3.45. The van der Waals surface area contributed by atoms with Gasteiger partial charge in [0.2, 0.25) is 5.88 Å². The van der Waals surface area contributed by atoms with Crippen LogP contribution in [0.25, 0.3) is 11.0 Å². The number of esters is 1. The second-order valence-electron chi connectivity index (χ2n) is 5.64. The lowest BCUT2D eigenvalue weighted by Crippen LogP contribution is -2.33. The molecular weight excluding hydrogens is 344 g/mol. The van der Waals surface area contributed by atoms with Crippen molar-refractivity contribution in [2.45, 2.75) is 26.5 Å². The van der Waals surface area contributed by atoms with Gasteiger partial charge in [0.05, 0.1) is 11.9 Å². The fraction of sp³-hybridized carbons (Fsp3) is 0.333. The van der Waals surface area contributed by atoms with Gasteiger partial charge in [-0.25, -0.2) is 4.98 Å². The molecule has 0 aromatic carbocycles. The zero-order valence-corrected chi connectivity index (χ0v) is 14.3. The molecule has 1 amide bonds. The third-order valence-corrected chi connectivity index (χ3v) is 3.57. The van der Waals surface area contributed by atoms with Crippen LogP contribution >= 0.6 is 0 Å². The highest BCUT2D eigenvalue weighted by Gasteiger charge is 2.20. The van der Waals surface area contributed by atoms with Gasteiger partial charge in [0.15, 0.2) is 11.8 Å². The van der Waals surface area contributed by atoms with Crippen molar-refractivity contribution in [3.63, 3.8) is 0 Å². The van der Waals surface area contributed by atoms with Crippen LogP contribution < -0.4 is 10.9 Å². The molecule has 3 aromatic heterocycles. The van der Waals surface area contributed by atoms with E-state index in [1.807, 2.05) is 0 Å². The maximum atomic E-state index is 12.3. The van der Waals surface area contributed by atoms with Crippen LogP contribution in [0.5, 0.6) is 0 Å². The predicted octanol–water partition coefficient (Wildman–Crippen LogP) is -0.00318. The van der Waals surface area contributed by atoms with Crippen molar-refractivity contribution < 1.29 is 18.8 Å². The van der Waals surface area contributed by atoms with Crippen molar-refractivity contribution in [2.75, 3.05) is 5.32 Å². The molecule has 0 saturated carbocycles. The second kappa shape index (κ2) is 6.78. The van der Waals surface area contributed by atoms with E-state index in [-0.39, 0.29) is 17.8 Å². The standard InChI is InChI=1S/C15H16N6O5/c1-8-4-11(26-19-8)18-14(23)9(2)25-12(22)6-21-7-16-13-10(15(21)24)5-17-20(13)3/h4-5,7,9H,6H2,1-3H3,(H,18,23). The lowest BCUT2D eigenvalue weighted by atomic mass is 10.3. The molecule has 0 aliphatic carbocycles. The first-order valence-electron chi connectivity index (χ1n) is 7.66. The number of nitrogens with one attached hydrogen (secondary N) is 1. The van der Waals surface area contributed by atoms with E-state index in [9.17, 15) is 14.4 Å². The van der Waals surface area contributed by atoms with Gasteiger partial charge in [0, 0.05) is 13.1 Å². The van der Waals surface area contributed by atoms with Gasteiger partial charge >= 0.3 is 5.97 Å². The molecule has 0 aliphatic heterocycles. The van der Waals surface area contributed by atoms with Gasteiger partial charge in [-0.15, -0.1) is 0 Å². The molecule has 0 bridgehead atoms. The molecular formula is C15H16N6O5. The molecule has 0 radical (unpaired) electrons. The van der Waals surface area contributed by atoms with Crippen molar-refractivity contribution in [2.24, 2.45) is 7.05 Å². The van der Waals surface area contributed by atoms with E-state index in [4.69, 9.17) is 9.26 Å². The average molecular weight is 360 g/mol. The monoisotopic (exact) mass is 360 g/mol. The minimum absolute atomic E-state index is 0.151. The Balaban J connectivity index is 1.64. The summed E-state index contributed by atoms with van der Waals surface area (Å²) in [5.74, 6) is -1.19.